The number of methoxy groups -OCH3 is 1. The summed E-state index contributed by atoms with van der Waals surface area (Å²) in [4.78, 5) is 43.8. The number of nitrogens with one attached hydrogen (secondary N) is 2. The highest BCUT2D eigenvalue weighted by molar-refractivity contribution is 6.03. The van der Waals surface area contributed by atoms with Gasteiger partial charge < -0.3 is 25.0 Å². The molecule has 8 heteroatoms. The maximum Gasteiger partial charge on any atom is 0.246 e. The van der Waals surface area contributed by atoms with E-state index in [0.29, 0.717) is 17.4 Å². The van der Waals surface area contributed by atoms with Crippen molar-refractivity contribution in [2.75, 3.05) is 12.4 Å². The van der Waals surface area contributed by atoms with Crippen LogP contribution in [0.3, 0.4) is 0 Å². The predicted molar refractivity (Wildman–Crippen MR) is 142 cm³/mol. The number of carbonyl (C=O) groups is 3. The van der Waals surface area contributed by atoms with Crippen molar-refractivity contribution in [3.63, 3.8) is 0 Å². The van der Waals surface area contributed by atoms with Gasteiger partial charge in [0.05, 0.1) is 25.0 Å². The van der Waals surface area contributed by atoms with Crippen LogP contribution in [0.4, 0.5) is 5.69 Å². The number of anilines is 1. The Kier molecular flexibility index (Phi) is 6.70. The zero-order valence-corrected chi connectivity index (χ0v) is 22.4. The van der Waals surface area contributed by atoms with Crippen LogP contribution in [-0.2, 0) is 19.1 Å². The Morgan fingerprint density at radius 2 is 1.82 bits per heavy atom. The number of likely N-dealkylation sites (tertiary alicyclic amines) is 1. The standard InChI is InChI=1S/C30H39N3O5/c1-18-11-13-21(14-12-18)33-26(28(35)31-19-7-4-3-5-8-19)30-16-15-23(38-30)24(25(30)29(33)36)27(34)32-20-9-6-10-22(17-20)37-2/h6,9-10,15-19,21,23-26H,3-5,7-8,11-14H2,1-2H3,(H,31,35)(H,32,34)/t18?,21?,23-,24-,25-,26+,30-/m0/s1. The molecule has 0 unspecified atom stereocenters. The summed E-state index contributed by atoms with van der Waals surface area (Å²) in [6, 6.07) is 6.54. The third-order valence-electron chi connectivity index (χ3n) is 9.53. The lowest BCUT2D eigenvalue weighted by atomic mass is 9.74. The Bertz CT molecular complexity index is 1120. The van der Waals surface area contributed by atoms with Crippen molar-refractivity contribution in [2.45, 2.75) is 94.5 Å². The molecule has 38 heavy (non-hydrogen) atoms. The summed E-state index contributed by atoms with van der Waals surface area (Å²) in [5.41, 5.74) is -0.509. The van der Waals surface area contributed by atoms with Gasteiger partial charge in [-0.1, -0.05) is 44.4 Å². The number of fused-ring (bicyclic) bond motifs is 1. The van der Waals surface area contributed by atoms with E-state index < -0.39 is 29.6 Å². The highest BCUT2D eigenvalue weighted by atomic mass is 16.5. The van der Waals surface area contributed by atoms with Crippen molar-refractivity contribution in [2.24, 2.45) is 17.8 Å². The molecule has 2 aliphatic carbocycles. The van der Waals surface area contributed by atoms with Crippen LogP contribution in [0.2, 0.25) is 0 Å². The molecule has 1 spiro atoms. The number of ether oxygens (including phenoxy) is 2. The van der Waals surface area contributed by atoms with Crippen LogP contribution in [0, 0.1) is 17.8 Å². The van der Waals surface area contributed by atoms with Gasteiger partial charge in [0, 0.05) is 23.8 Å². The smallest absolute Gasteiger partial charge is 0.246 e. The van der Waals surface area contributed by atoms with Crippen LogP contribution >= 0.6 is 0 Å². The highest BCUT2D eigenvalue weighted by Crippen LogP contribution is 2.56. The summed E-state index contributed by atoms with van der Waals surface area (Å²) in [5, 5.41) is 6.26. The van der Waals surface area contributed by atoms with Gasteiger partial charge in [0.2, 0.25) is 17.7 Å². The number of amides is 3. The molecular weight excluding hydrogens is 482 g/mol. The summed E-state index contributed by atoms with van der Waals surface area (Å²) in [7, 11) is 1.58. The van der Waals surface area contributed by atoms with E-state index in [1.54, 1.807) is 19.2 Å². The minimum Gasteiger partial charge on any atom is -0.497 e. The van der Waals surface area contributed by atoms with Crippen molar-refractivity contribution >= 4 is 23.4 Å². The molecule has 5 atom stereocenters. The summed E-state index contributed by atoms with van der Waals surface area (Å²) in [5.74, 6) is -0.683. The average Bonchev–Trinajstić information content (AvgIpc) is 3.57. The van der Waals surface area contributed by atoms with Crippen LogP contribution < -0.4 is 15.4 Å². The van der Waals surface area contributed by atoms with Crippen molar-refractivity contribution in [3.05, 3.63) is 36.4 Å². The lowest BCUT2D eigenvalue weighted by Gasteiger charge is -2.40. The van der Waals surface area contributed by atoms with E-state index in [0.717, 1.165) is 51.4 Å². The number of hydrogen-bond acceptors (Lipinski definition) is 5. The summed E-state index contributed by atoms with van der Waals surface area (Å²) in [6.07, 6.45) is 12.4. The first kappa shape index (κ1) is 25.4. The first-order chi connectivity index (χ1) is 18.4. The van der Waals surface area contributed by atoms with Gasteiger partial charge in [-0.15, -0.1) is 0 Å². The zero-order valence-electron chi connectivity index (χ0n) is 22.4. The monoisotopic (exact) mass is 521 g/mol. The topological polar surface area (TPSA) is 97.0 Å². The highest BCUT2D eigenvalue weighted by Gasteiger charge is 2.73. The molecule has 2 saturated carbocycles. The second-order valence-corrected chi connectivity index (χ2v) is 11.9. The zero-order chi connectivity index (χ0) is 26.4. The van der Waals surface area contributed by atoms with Gasteiger partial charge in [0.15, 0.2) is 0 Å². The molecule has 1 aromatic rings. The Labute approximate surface area is 224 Å². The van der Waals surface area contributed by atoms with Gasteiger partial charge in [-0.2, -0.15) is 0 Å². The van der Waals surface area contributed by atoms with E-state index >= 15 is 0 Å². The van der Waals surface area contributed by atoms with E-state index in [4.69, 9.17) is 9.47 Å². The summed E-state index contributed by atoms with van der Waals surface area (Å²) in [6.45, 7) is 2.25. The normalized spacial score (nSPS) is 36.3. The SMILES string of the molecule is COc1cccc(NC(=O)[C@H]2[C@@H]3C=C[C@]4(O3)[C@@H]2C(=O)N(C2CCC(C)CC2)[C@@H]4C(=O)NC2CCCCC2)c1. The van der Waals surface area contributed by atoms with Gasteiger partial charge in [0.25, 0.3) is 0 Å². The quantitative estimate of drug-likeness (QED) is 0.555. The van der Waals surface area contributed by atoms with Gasteiger partial charge in [-0.3, -0.25) is 14.4 Å². The molecule has 1 aromatic carbocycles. The largest absolute Gasteiger partial charge is 0.497 e. The molecule has 5 aliphatic rings. The number of rotatable bonds is 6. The molecule has 8 nitrogen and oxygen atoms in total. The number of hydrogen-bond donors (Lipinski definition) is 2. The fraction of sp³-hybridized carbons (Fsp3) is 0.633. The van der Waals surface area contributed by atoms with Crippen molar-refractivity contribution in [1.29, 1.82) is 0 Å². The predicted octanol–water partition coefficient (Wildman–Crippen LogP) is 3.81. The fourth-order valence-corrected chi connectivity index (χ4v) is 7.57. The van der Waals surface area contributed by atoms with Crippen LogP contribution in [0.5, 0.6) is 5.75 Å². The lowest BCUT2D eigenvalue weighted by Crippen LogP contribution is -2.58. The molecule has 2 saturated heterocycles. The lowest BCUT2D eigenvalue weighted by molar-refractivity contribution is -0.145. The van der Waals surface area contributed by atoms with Crippen LogP contribution in [-0.4, -0.2) is 59.6 Å². The maximum atomic E-state index is 14.3. The molecule has 204 valence electrons. The Hall–Kier alpha value is -2.87. The molecule has 0 aromatic heterocycles. The van der Waals surface area contributed by atoms with Gasteiger partial charge >= 0.3 is 0 Å². The maximum absolute atomic E-state index is 14.3. The van der Waals surface area contributed by atoms with Crippen molar-refractivity contribution < 1.29 is 23.9 Å². The Balaban J connectivity index is 1.31. The second-order valence-electron chi connectivity index (χ2n) is 11.9. The minimum absolute atomic E-state index is 0.0149. The van der Waals surface area contributed by atoms with Crippen molar-refractivity contribution in [3.8, 4) is 5.75 Å². The summed E-state index contributed by atoms with van der Waals surface area (Å²) >= 11 is 0. The molecule has 2 N–H and O–H groups in total. The first-order valence-electron chi connectivity index (χ1n) is 14.4. The van der Waals surface area contributed by atoms with Gasteiger partial charge in [-0.05, 0) is 56.6 Å². The van der Waals surface area contributed by atoms with E-state index in [1.165, 1.54) is 6.42 Å². The first-order valence-corrected chi connectivity index (χ1v) is 14.4. The number of carbonyl (C=O) groups excluding carboxylic acids is 3. The van der Waals surface area contributed by atoms with E-state index in [2.05, 4.69) is 17.6 Å². The third-order valence-corrected chi connectivity index (χ3v) is 9.53. The third kappa shape index (κ3) is 4.21. The van der Waals surface area contributed by atoms with Crippen LogP contribution in [0.1, 0.15) is 64.7 Å². The summed E-state index contributed by atoms with van der Waals surface area (Å²) < 4.78 is 11.8. The molecule has 3 aliphatic heterocycles. The van der Waals surface area contributed by atoms with E-state index in [-0.39, 0.29) is 29.8 Å². The molecule has 6 rings (SSSR count). The minimum atomic E-state index is -1.11. The molecule has 3 heterocycles. The second kappa shape index (κ2) is 10.0. The number of benzene rings is 1. The van der Waals surface area contributed by atoms with Gasteiger partial charge in [0.1, 0.15) is 17.4 Å². The molecule has 0 radical (unpaired) electrons. The fourth-order valence-electron chi connectivity index (χ4n) is 7.57. The molecule has 4 fully saturated rings. The van der Waals surface area contributed by atoms with E-state index in [1.807, 2.05) is 29.2 Å². The Morgan fingerprint density at radius 3 is 2.55 bits per heavy atom. The Morgan fingerprint density at radius 1 is 1.05 bits per heavy atom. The van der Waals surface area contributed by atoms with Gasteiger partial charge in [-0.25, -0.2) is 0 Å². The van der Waals surface area contributed by atoms with E-state index in [9.17, 15) is 14.4 Å². The molecule has 2 bridgehead atoms. The van der Waals surface area contributed by atoms with Crippen molar-refractivity contribution in [1.82, 2.24) is 10.2 Å². The molecule has 3 amide bonds. The number of nitrogens with zero attached hydrogens (tertiary/aromatic N) is 1. The average molecular weight is 522 g/mol. The molecular formula is C30H39N3O5. The van der Waals surface area contributed by atoms with Crippen LogP contribution in [0.15, 0.2) is 36.4 Å². The van der Waals surface area contributed by atoms with Crippen LogP contribution in [0.25, 0.3) is 0 Å².